The number of rotatable bonds is 11. The van der Waals surface area contributed by atoms with E-state index < -0.39 is 41.1 Å². The maximum atomic E-state index is 14.7. The number of hydrogen-bond donors (Lipinski definition) is 3. The number of anilines is 1. The van der Waals surface area contributed by atoms with Crippen LogP contribution in [-0.4, -0.2) is 52.2 Å². The Morgan fingerprint density at radius 1 is 0.884 bits per heavy atom. The monoisotopic (exact) mass is 589 g/mol. The lowest BCUT2D eigenvalue weighted by molar-refractivity contribution is -0.147. The minimum atomic E-state index is -1.25. The maximum absolute atomic E-state index is 14.7. The molecule has 0 spiro atoms. The number of para-hydroxylation sites is 1. The highest BCUT2D eigenvalue weighted by atomic mass is 16.6. The summed E-state index contributed by atoms with van der Waals surface area (Å²) in [5.74, 6) is -0.546. The average Bonchev–Trinajstić information content (AvgIpc) is 2.95. The standard InChI is InChI=1S/C34H43N3O6/c1-8-34(5,6)37(31(40)27(22-23-14-10-9-11-15-23)36-32(41)43-33(2,3)4)29(26-16-12-13-17-28(26)38)30(39)35-24-18-20-25(42-7)21-19-24/h9-21,27,29,38H,8,22H2,1-7H3,(H,35,39)(H,36,41). The number of ether oxygens (including phenoxy) is 2. The number of methoxy groups -OCH3 is 1. The molecule has 9 nitrogen and oxygen atoms in total. The SMILES string of the molecule is CCC(C)(C)N(C(=O)C(Cc1ccccc1)NC(=O)OC(C)(C)C)C(C(=O)Nc1ccc(OC)cc1)c1ccccc1O. The van der Waals surface area contributed by atoms with Crippen molar-refractivity contribution in [1.82, 2.24) is 10.2 Å². The molecule has 3 rings (SSSR count). The zero-order valence-corrected chi connectivity index (χ0v) is 26.0. The van der Waals surface area contributed by atoms with Gasteiger partial charge in [0.25, 0.3) is 5.91 Å². The molecule has 0 radical (unpaired) electrons. The van der Waals surface area contributed by atoms with Gasteiger partial charge in [0.1, 0.15) is 29.2 Å². The van der Waals surface area contributed by atoms with Gasteiger partial charge in [0.2, 0.25) is 5.91 Å². The van der Waals surface area contributed by atoms with E-state index in [2.05, 4.69) is 10.6 Å². The van der Waals surface area contributed by atoms with Crippen molar-refractivity contribution in [2.24, 2.45) is 0 Å². The molecule has 2 unspecified atom stereocenters. The van der Waals surface area contributed by atoms with Crippen LogP contribution in [0.25, 0.3) is 0 Å². The molecule has 43 heavy (non-hydrogen) atoms. The van der Waals surface area contributed by atoms with Crippen molar-refractivity contribution in [1.29, 1.82) is 0 Å². The Hall–Kier alpha value is -4.53. The van der Waals surface area contributed by atoms with Gasteiger partial charge in [0.05, 0.1) is 7.11 Å². The molecule has 0 aromatic heterocycles. The van der Waals surface area contributed by atoms with Gasteiger partial charge in [-0.2, -0.15) is 0 Å². The van der Waals surface area contributed by atoms with Crippen LogP contribution >= 0.6 is 0 Å². The van der Waals surface area contributed by atoms with Crippen LogP contribution in [0.2, 0.25) is 0 Å². The minimum Gasteiger partial charge on any atom is -0.508 e. The predicted molar refractivity (Wildman–Crippen MR) is 167 cm³/mol. The van der Waals surface area contributed by atoms with Crippen LogP contribution < -0.4 is 15.4 Å². The second-order valence-electron chi connectivity index (χ2n) is 11.9. The van der Waals surface area contributed by atoms with E-state index in [4.69, 9.17) is 9.47 Å². The molecule has 3 amide bonds. The lowest BCUT2D eigenvalue weighted by atomic mass is 9.90. The van der Waals surface area contributed by atoms with Crippen molar-refractivity contribution in [2.45, 2.75) is 77.6 Å². The molecule has 0 aliphatic heterocycles. The average molecular weight is 590 g/mol. The first-order valence-corrected chi connectivity index (χ1v) is 14.3. The molecule has 0 aliphatic carbocycles. The fraction of sp³-hybridized carbons (Fsp3) is 0.382. The van der Waals surface area contributed by atoms with Crippen LogP contribution in [0.4, 0.5) is 10.5 Å². The van der Waals surface area contributed by atoms with E-state index in [1.54, 1.807) is 70.3 Å². The summed E-state index contributed by atoms with van der Waals surface area (Å²) in [6, 6.07) is 20.2. The summed E-state index contributed by atoms with van der Waals surface area (Å²) in [6.45, 7) is 10.8. The predicted octanol–water partition coefficient (Wildman–Crippen LogP) is 6.23. The Morgan fingerprint density at radius 3 is 2.05 bits per heavy atom. The van der Waals surface area contributed by atoms with Crippen molar-refractivity contribution in [3.63, 3.8) is 0 Å². The van der Waals surface area contributed by atoms with E-state index in [-0.39, 0.29) is 17.7 Å². The molecule has 0 fully saturated rings. The molecule has 3 N–H and O–H groups in total. The number of nitrogens with zero attached hydrogens (tertiary/aromatic N) is 1. The summed E-state index contributed by atoms with van der Waals surface area (Å²) in [4.78, 5) is 43.3. The summed E-state index contributed by atoms with van der Waals surface area (Å²) in [5.41, 5.74) is -0.123. The highest BCUT2D eigenvalue weighted by Gasteiger charge is 2.44. The quantitative estimate of drug-likeness (QED) is 0.244. The Labute approximate surface area is 254 Å². The smallest absolute Gasteiger partial charge is 0.408 e. The number of phenols is 1. The molecule has 0 saturated carbocycles. The van der Waals surface area contributed by atoms with E-state index in [1.165, 1.54) is 11.0 Å². The van der Waals surface area contributed by atoms with Crippen LogP contribution in [-0.2, 0) is 20.7 Å². The number of carbonyl (C=O) groups excluding carboxylic acids is 3. The normalized spacial score (nSPS) is 12.9. The fourth-order valence-corrected chi connectivity index (χ4v) is 4.61. The minimum absolute atomic E-state index is 0.137. The van der Waals surface area contributed by atoms with Crippen molar-refractivity contribution in [2.75, 3.05) is 12.4 Å². The summed E-state index contributed by atoms with van der Waals surface area (Å²) < 4.78 is 10.7. The largest absolute Gasteiger partial charge is 0.508 e. The molecule has 9 heteroatoms. The van der Waals surface area contributed by atoms with Crippen LogP contribution in [0.5, 0.6) is 11.5 Å². The first-order chi connectivity index (χ1) is 20.3. The molecule has 0 aliphatic rings. The highest BCUT2D eigenvalue weighted by Crippen LogP contribution is 2.37. The zero-order chi connectivity index (χ0) is 31.8. The third kappa shape index (κ3) is 8.98. The molecular formula is C34H43N3O6. The van der Waals surface area contributed by atoms with Gasteiger partial charge >= 0.3 is 6.09 Å². The van der Waals surface area contributed by atoms with E-state index in [1.807, 2.05) is 51.1 Å². The van der Waals surface area contributed by atoms with E-state index in [9.17, 15) is 19.5 Å². The summed E-state index contributed by atoms with van der Waals surface area (Å²) >= 11 is 0. The second-order valence-corrected chi connectivity index (χ2v) is 11.9. The van der Waals surface area contributed by atoms with Gasteiger partial charge in [-0.05, 0) is 76.9 Å². The van der Waals surface area contributed by atoms with Gasteiger partial charge in [-0.1, -0.05) is 55.5 Å². The van der Waals surface area contributed by atoms with Crippen LogP contribution in [0, 0.1) is 0 Å². The lowest BCUT2D eigenvalue weighted by Gasteiger charge is -2.44. The van der Waals surface area contributed by atoms with Gasteiger partial charge in [0, 0.05) is 23.2 Å². The van der Waals surface area contributed by atoms with Crippen LogP contribution in [0.3, 0.4) is 0 Å². The van der Waals surface area contributed by atoms with E-state index >= 15 is 0 Å². The number of amides is 3. The fourth-order valence-electron chi connectivity index (χ4n) is 4.61. The second kappa shape index (κ2) is 14.1. The van der Waals surface area contributed by atoms with E-state index in [0.717, 1.165) is 5.56 Å². The molecule has 2 atom stereocenters. The number of alkyl carbamates (subject to hydrolysis) is 1. The number of carbonyl (C=O) groups is 3. The molecule has 0 bridgehead atoms. The van der Waals surface area contributed by atoms with Crippen molar-refractivity contribution < 1.29 is 29.0 Å². The summed E-state index contributed by atoms with van der Waals surface area (Å²) in [6.07, 6.45) is -0.121. The van der Waals surface area contributed by atoms with Crippen molar-refractivity contribution in [3.05, 3.63) is 90.0 Å². The van der Waals surface area contributed by atoms with E-state index in [0.29, 0.717) is 17.9 Å². The molecule has 230 valence electrons. The van der Waals surface area contributed by atoms with Gasteiger partial charge in [-0.25, -0.2) is 4.79 Å². The molecule has 0 heterocycles. The summed E-state index contributed by atoms with van der Waals surface area (Å²) in [7, 11) is 1.55. The van der Waals surface area contributed by atoms with Crippen molar-refractivity contribution >= 4 is 23.6 Å². The Balaban J connectivity index is 2.13. The number of phenolic OH excluding ortho intramolecular Hbond substituents is 1. The molecule has 0 saturated heterocycles. The topological polar surface area (TPSA) is 117 Å². The first kappa shape index (κ1) is 33.0. The Bertz CT molecular complexity index is 1380. The third-order valence-corrected chi connectivity index (χ3v) is 7.12. The Morgan fingerprint density at radius 2 is 1.49 bits per heavy atom. The zero-order valence-electron chi connectivity index (χ0n) is 26.0. The molecule has 3 aromatic carbocycles. The van der Waals surface area contributed by atoms with Gasteiger partial charge in [-0.15, -0.1) is 0 Å². The van der Waals surface area contributed by atoms with Crippen molar-refractivity contribution in [3.8, 4) is 11.5 Å². The molecule has 3 aromatic rings. The Kier molecular flexibility index (Phi) is 10.8. The van der Waals surface area contributed by atoms with Gasteiger partial charge < -0.3 is 30.1 Å². The lowest BCUT2D eigenvalue weighted by Crippen LogP contribution is -2.59. The highest BCUT2D eigenvalue weighted by molar-refractivity contribution is 5.99. The summed E-state index contributed by atoms with van der Waals surface area (Å²) in [5, 5.41) is 16.6. The number of benzene rings is 3. The third-order valence-electron chi connectivity index (χ3n) is 7.12. The number of nitrogens with one attached hydrogen (secondary N) is 2. The number of hydrogen-bond acceptors (Lipinski definition) is 6. The van der Waals surface area contributed by atoms with Crippen LogP contribution in [0.15, 0.2) is 78.9 Å². The molecular weight excluding hydrogens is 546 g/mol. The van der Waals surface area contributed by atoms with Gasteiger partial charge in [-0.3, -0.25) is 9.59 Å². The van der Waals surface area contributed by atoms with Crippen LogP contribution in [0.1, 0.15) is 65.1 Å². The van der Waals surface area contributed by atoms with Gasteiger partial charge in [0.15, 0.2) is 0 Å². The number of aromatic hydroxyl groups is 1. The first-order valence-electron chi connectivity index (χ1n) is 14.3. The maximum Gasteiger partial charge on any atom is 0.408 e.